The molecule has 1 aliphatic carbocycles. The van der Waals surface area contributed by atoms with Crippen molar-refractivity contribution >= 4 is 0 Å². The van der Waals surface area contributed by atoms with E-state index in [2.05, 4.69) is 41.0 Å². The van der Waals surface area contributed by atoms with E-state index >= 15 is 0 Å². The molecular weight excluding hydrogens is 344 g/mol. The normalized spacial score (nSPS) is 33.1. The van der Waals surface area contributed by atoms with Gasteiger partial charge in [0.05, 0.1) is 5.60 Å². The van der Waals surface area contributed by atoms with Crippen molar-refractivity contribution in [3.8, 4) is 0 Å². The first-order valence-corrected chi connectivity index (χ1v) is 11.9. The molecule has 3 fully saturated rings. The monoisotopic (exact) mass is 384 g/mol. The lowest BCUT2D eigenvalue weighted by Gasteiger charge is -2.50. The molecule has 2 heterocycles. The highest BCUT2D eigenvalue weighted by Crippen LogP contribution is 2.47. The van der Waals surface area contributed by atoms with E-state index in [0.29, 0.717) is 11.8 Å². The van der Waals surface area contributed by atoms with Gasteiger partial charge in [0, 0.05) is 24.9 Å². The zero-order chi connectivity index (χ0) is 19.4. The zero-order valence-electron chi connectivity index (χ0n) is 17.9. The van der Waals surface area contributed by atoms with E-state index < -0.39 is 5.60 Å². The minimum absolute atomic E-state index is 0.357. The Morgan fingerprint density at radius 3 is 1.79 bits per heavy atom. The maximum absolute atomic E-state index is 12.5. The summed E-state index contributed by atoms with van der Waals surface area (Å²) in [5.41, 5.74) is 1.79. The highest BCUT2D eigenvalue weighted by Gasteiger charge is 2.48. The van der Waals surface area contributed by atoms with Gasteiger partial charge >= 0.3 is 0 Å². The van der Waals surface area contributed by atoms with Crippen LogP contribution in [0.3, 0.4) is 0 Å². The van der Waals surface area contributed by atoms with Gasteiger partial charge in [-0.25, -0.2) is 0 Å². The molecule has 1 N–H and O–H groups in total. The molecule has 1 aromatic rings. The topological polar surface area (TPSA) is 26.7 Å². The van der Waals surface area contributed by atoms with Crippen LogP contribution in [-0.2, 0) is 5.60 Å². The zero-order valence-corrected chi connectivity index (χ0v) is 17.9. The van der Waals surface area contributed by atoms with Crippen molar-refractivity contribution in [2.24, 2.45) is 11.8 Å². The summed E-state index contributed by atoms with van der Waals surface area (Å²) in [6.07, 6.45) is 11.7. The molecule has 2 aliphatic heterocycles. The van der Waals surface area contributed by atoms with E-state index in [0.717, 1.165) is 25.9 Å². The Balaban J connectivity index is 1.61. The fraction of sp³-hybridized carbons (Fsp3) is 0.760. The molecule has 3 nitrogen and oxygen atoms in total. The van der Waals surface area contributed by atoms with Crippen LogP contribution in [0.4, 0.5) is 0 Å². The molecule has 3 heteroatoms. The minimum atomic E-state index is -0.682. The van der Waals surface area contributed by atoms with E-state index in [1.807, 2.05) is 0 Å². The van der Waals surface area contributed by atoms with Gasteiger partial charge in [-0.05, 0) is 82.8 Å². The molecule has 3 aliphatic rings. The van der Waals surface area contributed by atoms with Crippen LogP contribution >= 0.6 is 0 Å². The lowest BCUT2D eigenvalue weighted by atomic mass is 9.63. The lowest BCUT2D eigenvalue weighted by molar-refractivity contribution is -0.119. The van der Waals surface area contributed by atoms with Crippen LogP contribution in [0.1, 0.15) is 68.9 Å². The number of hydrogen-bond acceptors (Lipinski definition) is 3. The Kier molecular flexibility index (Phi) is 6.75. The quantitative estimate of drug-likeness (QED) is 0.805. The number of benzene rings is 1. The van der Waals surface area contributed by atoms with Gasteiger partial charge in [-0.1, -0.05) is 43.5 Å². The fourth-order valence-corrected chi connectivity index (χ4v) is 6.21. The molecule has 0 radical (unpaired) electrons. The molecule has 2 saturated heterocycles. The molecule has 0 spiro atoms. The summed E-state index contributed by atoms with van der Waals surface area (Å²) in [5.74, 6) is 0.713. The second-order valence-corrected chi connectivity index (χ2v) is 9.69. The number of piperidine rings is 2. The van der Waals surface area contributed by atoms with E-state index in [-0.39, 0.29) is 0 Å². The number of aryl methyl sites for hydroxylation is 1. The Morgan fingerprint density at radius 2 is 1.29 bits per heavy atom. The molecule has 156 valence electrons. The average molecular weight is 385 g/mol. The van der Waals surface area contributed by atoms with Crippen molar-refractivity contribution in [2.75, 3.05) is 39.3 Å². The number of aliphatic hydroxyl groups is 1. The summed E-state index contributed by atoms with van der Waals surface area (Å²) in [5, 5.41) is 12.5. The van der Waals surface area contributed by atoms with Crippen molar-refractivity contribution < 1.29 is 5.11 Å². The molecule has 28 heavy (non-hydrogen) atoms. The van der Waals surface area contributed by atoms with Gasteiger partial charge in [0.1, 0.15) is 0 Å². The van der Waals surface area contributed by atoms with Crippen molar-refractivity contribution in [2.45, 2.75) is 70.3 Å². The number of nitrogens with zero attached hydrogens (tertiary/aromatic N) is 2. The van der Waals surface area contributed by atoms with Gasteiger partial charge in [0.2, 0.25) is 0 Å². The summed E-state index contributed by atoms with van der Waals surface area (Å²) >= 11 is 0. The van der Waals surface area contributed by atoms with Crippen LogP contribution in [0.25, 0.3) is 0 Å². The van der Waals surface area contributed by atoms with Gasteiger partial charge < -0.3 is 14.9 Å². The van der Waals surface area contributed by atoms with Crippen LogP contribution in [0.15, 0.2) is 24.3 Å². The van der Waals surface area contributed by atoms with Gasteiger partial charge in [0.15, 0.2) is 0 Å². The van der Waals surface area contributed by atoms with Gasteiger partial charge in [-0.15, -0.1) is 0 Å². The SMILES string of the molecule is Cc1ccccc1C1(O)C(CN2CCCCC2)CCCC1CN1CCCCC1. The maximum Gasteiger partial charge on any atom is 0.0979 e. The predicted molar refractivity (Wildman–Crippen MR) is 116 cm³/mol. The largest absolute Gasteiger partial charge is 0.384 e. The van der Waals surface area contributed by atoms with Crippen molar-refractivity contribution in [1.82, 2.24) is 9.80 Å². The summed E-state index contributed by atoms with van der Waals surface area (Å²) in [6, 6.07) is 8.65. The van der Waals surface area contributed by atoms with Crippen LogP contribution in [-0.4, -0.2) is 54.2 Å². The summed E-state index contributed by atoms with van der Waals surface area (Å²) in [4.78, 5) is 5.28. The standard InChI is InChI=1S/C25H40N2O/c1-21-11-4-5-14-24(21)25(28)22(19-26-15-6-2-7-16-26)12-10-13-23(25)20-27-17-8-3-9-18-27/h4-5,11,14,22-23,28H,2-3,6-10,12-13,15-20H2,1H3. The molecule has 0 aromatic heterocycles. The van der Waals surface area contributed by atoms with E-state index in [4.69, 9.17) is 0 Å². The molecule has 0 bridgehead atoms. The van der Waals surface area contributed by atoms with Crippen LogP contribution < -0.4 is 0 Å². The van der Waals surface area contributed by atoms with Crippen LogP contribution in [0.5, 0.6) is 0 Å². The summed E-state index contributed by atoms with van der Waals surface area (Å²) < 4.78 is 0. The predicted octanol–water partition coefficient (Wildman–Crippen LogP) is 4.57. The second-order valence-electron chi connectivity index (χ2n) is 9.69. The maximum atomic E-state index is 12.5. The molecule has 1 saturated carbocycles. The third-order valence-corrected chi connectivity index (χ3v) is 7.78. The van der Waals surface area contributed by atoms with E-state index in [1.165, 1.54) is 82.3 Å². The summed E-state index contributed by atoms with van der Waals surface area (Å²) in [6.45, 7) is 9.21. The van der Waals surface area contributed by atoms with Crippen LogP contribution in [0, 0.1) is 18.8 Å². The number of rotatable bonds is 5. The molecule has 2 unspecified atom stereocenters. The lowest BCUT2D eigenvalue weighted by Crippen LogP contribution is -2.54. The average Bonchev–Trinajstić information content (AvgIpc) is 2.73. The smallest absolute Gasteiger partial charge is 0.0979 e. The Bertz CT molecular complexity index is 591. The Morgan fingerprint density at radius 1 is 0.786 bits per heavy atom. The highest BCUT2D eigenvalue weighted by atomic mass is 16.3. The molecule has 1 aromatic carbocycles. The third kappa shape index (κ3) is 4.32. The van der Waals surface area contributed by atoms with E-state index in [1.54, 1.807) is 0 Å². The van der Waals surface area contributed by atoms with Crippen molar-refractivity contribution in [1.29, 1.82) is 0 Å². The molecular formula is C25H40N2O. The third-order valence-electron chi connectivity index (χ3n) is 7.78. The number of hydrogen-bond donors (Lipinski definition) is 1. The van der Waals surface area contributed by atoms with Crippen LogP contribution in [0.2, 0.25) is 0 Å². The fourth-order valence-electron chi connectivity index (χ4n) is 6.21. The first-order valence-electron chi connectivity index (χ1n) is 11.9. The van der Waals surface area contributed by atoms with Gasteiger partial charge in [-0.2, -0.15) is 0 Å². The summed E-state index contributed by atoms with van der Waals surface area (Å²) in [7, 11) is 0. The minimum Gasteiger partial charge on any atom is -0.384 e. The van der Waals surface area contributed by atoms with Crippen molar-refractivity contribution in [3.63, 3.8) is 0 Å². The van der Waals surface area contributed by atoms with Crippen molar-refractivity contribution in [3.05, 3.63) is 35.4 Å². The molecule has 2 atom stereocenters. The first-order chi connectivity index (χ1) is 13.7. The van der Waals surface area contributed by atoms with Gasteiger partial charge in [-0.3, -0.25) is 0 Å². The second kappa shape index (κ2) is 9.28. The first kappa shape index (κ1) is 20.4. The Labute approximate surface area is 172 Å². The van der Waals surface area contributed by atoms with Gasteiger partial charge in [0.25, 0.3) is 0 Å². The Hall–Kier alpha value is -0.900. The number of likely N-dealkylation sites (tertiary alicyclic amines) is 2. The molecule has 0 amide bonds. The van der Waals surface area contributed by atoms with E-state index in [9.17, 15) is 5.11 Å². The molecule has 4 rings (SSSR count). The highest BCUT2D eigenvalue weighted by molar-refractivity contribution is 5.33.